The Kier molecular flexibility index (Phi) is 13.9. The minimum Gasteiger partial charge on any atom is -0.192 e. The molecule has 0 atom stereocenters. The van der Waals surface area contributed by atoms with Gasteiger partial charge in [0.2, 0.25) is 0 Å². The van der Waals surface area contributed by atoms with E-state index in [0.717, 1.165) is 67.4 Å². The first-order valence-electron chi connectivity index (χ1n) is 18.8. The van der Waals surface area contributed by atoms with Crippen LogP contribution in [0.4, 0.5) is 0 Å². The predicted molar refractivity (Wildman–Crippen MR) is 213 cm³/mol. The lowest BCUT2D eigenvalue weighted by Gasteiger charge is -2.09. The first-order chi connectivity index (χ1) is 24.6. The van der Waals surface area contributed by atoms with Crippen molar-refractivity contribution < 1.29 is 0 Å². The number of nitrogens with zero attached hydrogens (tertiary/aromatic N) is 4. The third kappa shape index (κ3) is 8.74. The van der Waals surface area contributed by atoms with E-state index in [1.165, 1.54) is 99.6 Å². The minimum absolute atomic E-state index is 0.0471. The summed E-state index contributed by atoms with van der Waals surface area (Å²) in [5.41, 5.74) is 0.0941. The van der Waals surface area contributed by atoms with Gasteiger partial charge in [-0.15, -0.1) is 22.7 Å². The number of nitriles is 4. The molecule has 0 amide bonds. The van der Waals surface area contributed by atoms with E-state index in [-0.39, 0.29) is 11.1 Å². The fourth-order valence-electron chi connectivity index (χ4n) is 7.33. The predicted octanol–water partition coefficient (Wildman–Crippen LogP) is 12.2. The molecule has 0 N–H and O–H groups in total. The average Bonchev–Trinajstić information content (AvgIpc) is 3.72. The Morgan fingerprint density at radius 2 is 0.760 bits per heavy atom. The molecule has 3 aromatic carbocycles. The fourth-order valence-corrected chi connectivity index (χ4v) is 9.58. The lowest BCUT2D eigenvalue weighted by molar-refractivity contribution is 0.576. The zero-order valence-corrected chi connectivity index (χ0v) is 31.4. The van der Waals surface area contributed by atoms with Crippen LogP contribution < -0.4 is 10.4 Å². The van der Waals surface area contributed by atoms with Crippen molar-refractivity contribution in [3.05, 3.63) is 56.6 Å². The van der Waals surface area contributed by atoms with Crippen LogP contribution in [0.3, 0.4) is 0 Å². The third-order valence-corrected chi connectivity index (χ3v) is 12.3. The monoisotopic (exact) mass is 696 g/mol. The molecular formula is C44H48N4S2. The van der Waals surface area contributed by atoms with Crippen LogP contribution in [0.2, 0.25) is 0 Å². The van der Waals surface area contributed by atoms with Gasteiger partial charge in [-0.1, -0.05) is 104 Å². The lowest BCUT2D eigenvalue weighted by atomic mass is 9.92. The summed E-state index contributed by atoms with van der Waals surface area (Å²) in [6.07, 6.45) is 22.5. The highest BCUT2D eigenvalue weighted by Gasteiger charge is 2.17. The first kappa shape index (κ1) is 37.1. The van der Waals surface area contributed by atoms with E-state index < -0.39 is 0 Å². The molecule has 0 bridgehead atoms. The molecule has 50 heavy (non-hydrogen) atoms. The van der Waals surface area contributed by atoms with Gasteiger partial charge in [0.1, 0.15) is 35.4 Å². The number of unbranched alkanes of at least 4 members (excludes halogenated alkanes) is 14. The van der Waals surface area contributed by atoms with Crippen LogP contribution in [0.15, 0.2) is 36.4 Å². The van der Waals surface area contributed by atoms with E-state index in [9.17, 15) is 21.0 Å². The molecule has 0 aliphatic rings. The van der Waals surface area contributed by atoms with Crippen molar-refractivity contribution in [2.75, 3.05) is 0 Å². The summed E-state index contributed by atoms with van der Waals surface area (Å²) in [6, 6.07) is 21.5. The quantitative estimate of drug-likeness (QED) is 0.0673. The molecule has 0 fully saturated rings. The summed E-state index contributed by atoms with van der Waals surface area (Å²) in [5.74, 6) is 0. The summed E-state index contributed by atoms with van der Waals surface area (Å²) < 4.78 is 2.18. The summed E-state index contributed by atoms with van der Waals surface area (Å²) in [6.45, 7) is 4.50. The van der Waals surface area contributed by atoms with E-state index in [1.54, 1.807) is 22.7 Å². The molecular weight excluding hydrogens is 649 g/mol. The lowest BCUT2D eigenvalue weighted by Crippen LogP contribution is -2.18. The van der Waals surface area contributed by atoms with Gasteiger partial charge in [-0.25, -0.2) is 0 Å². The Morgan fingerprint density at radius 3 is 1.10 bits per heavy atom. The molecule has 0 radical (unpaired) electrons. The molecule has 4 nitrogen and oxygen atoms in total. The van der Waals surface area contributed by atoms with Gasteiger partial charge in [0, 0.05) is 29.6 Å². The van der Waals surface area contributed by atoms with Gasteiger partial charge >= 0.3 is 0 Å². The smallest absolute Gasteiger partial charge is 0.138 e. The van der Waals surface area contributed by atoms with Crippen molar-refractivity contribution >= 4 is 75.5 Å². The summed E-state index contributed by atoms with van der Waals surface area (Å²) in [4.78, 5) is 2.63. The molecule has 256 valence electrons. The standard InChI is InChI=1S/C44H48N4S2/c1-3-5-7-9-11-13-15-17-19-35-21-31-23-37-39(25-41(31)49-35)44(34(29-47)30-48)38-24-32-22-36(20-18-16-14-12-10-8-6-4-2)50-42(32)26-40(38)43(37)33(27-45)28-46/h21-26H,3-20H2,1-2H3. The minimum atomic E-state index is 0.0471. The van der Waals surface area contributed by atoms with Crippen molar-refractivity contribution in [2.24, 2.45) is 0 Å². The topological polar surface area (TPSA) is 95.2 Å². The summed E-state index contributed by atoms with van der Waals surface area (Å²) in [7, 11) is 0. The Morgan fingerprint density at radius 1 is 0.440 bits per heavy atom. The number of fused-ring (bicyclic) bond motifs is 4. The maximum absolute atomic E-state index is 10.2. The number of benzene rings is 3. The first-order valence-corrected chi connectivity index (χ1v) is 20.4. The molecule has 0 saturated heterocycles. The molecule has 2 heterocycles. The van der Waals surface area contributed by atoms with Crippen molar-refractivity contribution in [1.82, 2.24) is 0 Å². The summed E-state index contributed by atoms with van der Waals surface area (Å²) >= 11 is 3.53. The number of hydrogen-bond acceptors (Lipinski definition) is 6. The van der Waals surface area contributed by atoms with Crippen LogP contribution in [0.25, 0.3) is 52.9 Å². The highest BCUT2D eigenvalue weighted by Crippen LogP contribution is 2.34. The molecule has 0 spiro atoms. The van der Waals surface area contributed by atoms with Crippen LogP contribution in [-0.2, 0) is 12.8 Å². The highest BCUT2D eigenvalue weighted by atomic mass is 32.1. The van der Waals surface area contributed by atoms with Crippen molar-refractivity contribution in [3.63, 3.8) is 0 Å². The van der Waals surface area contributed by atoms with E-state index in [2.05, 4.69) is 74.5 Å². The van der Waals surface area contributed by atoms with E-state index in [0.29, 0.717) is 10.4 Å². The second-order valence-corrected chi connectivity index (χ2v) is 16.0. The van der Waals surface area contributed by atoms with Gasteiger partial charge in [0.25, 0.3) is 0 Å². The molecule has 0 aliphatic heterocycles. The third-order valence-electron chi connectivity index (χ3n) is 9.99. The van der Waals surface area contributed by atoms with Gasteiger partial charge in [0.15, 0.2) is 0 Å². The largest absolute Gasteiger partial charge is 0.192 e. The molecule has 5 rings (SSSR count). The zero-order chi connectivity index (χ0) is 35.3. The SMILES string of the molecule is CCCCCCCCCCc1cc2cc3c(=C(C#N)C#N)c4cc5sc(CCCCCCCCCC)cc5cc4c(=C(C#N)C#N)c3cc2s1. The Balaban J connectivity index is 1.55. The van der Waals surface area contributed by atoms with Gasteiger partial charge in [-0.3, -0.25) is 0 Å². The second-order valence-electron chi connectivity index (χ2n) is 13.7. The van der Waals surface area contributed by atoms with E-state index >= 15 is 0 Å². The zero-order valence-electron chi connectivity index (χ0n) is 29.8. The van der Waals surface area contributed by atoms with Crippen LogP contribution in [-0.4, -0.2) is 0 Å². The van der Waals surface area contributed by atoms with Crippen molar-refractivity contribution in [2.45, 2.75) is 129 Å². The van der Waals surface area contributed by atoms with Gasteiger partial charge in [0.05, 0.1) is 0 Å². The number of hydrogen-bond donors (Lipinski definition) is 0. The average molecular weight is 697 g/mol. The van der Waals surface area contributed by atoms with Crippen LogP contribution in [0.1, 0.15) is 126 Å². The molecule has 0 unspecified atom stereocenters. The maximum Gasteiger partial charge on any atom is 0.138 e. The molecule has 2 aromatic heterocycles. The van der Waals surface area contributed by atoms with Crippen molar-refractivity contribution in [3.8, 4) is 24.3 Å². The maximum atomic E-state index is 10.2. The Labute approximate surface area is 305 Å². The van der Waals surface area contributed by atoms with Crippen molar-refractivity contribution in [1.29, 1.82) is 21.0 Å². The van der Waals surface area contributed by atoms with E-state index in [4.69, 9.17) is 0 Å². The van der Waals surface area contributed by atoms with Gasteiger partial charge in [-0.2, -0.15) is 21.0 Å². The van der Waals surface area contributed by atoms with Gasteiger partial charge < -0.3 is 0 Å². The van der Waals surface area contributed by atoms with Crippen LogP contribution >= 0.6 is 22.7 Å². The normalized spacial score (nSPS) is 11.2. The Bertz CT molecular complexity index is 1970. The molecule has 0 aliphatic carbocycles. The van der Waals surface area contributed by atoms with Crippen LogP contribution in [0.5, 0.6) is 0 Å². The number of thiophene rings is 2. The Hall–Kier alpha value is -4.20. The molecule has 0 saturated carbocycles. The molecule has 5 aromatic rings. The number of rotatable bonds is 18. The second kappa shape index (κ2) is 18.7. The molecule has 6 heteroatoms. The highest BCUT2D eigenvalue weighted by molar-refractivity contribution is 7.19. The number of aryl methyl sites for hydroxylation is 2. The summed E-state index contributed by atoms with van der Waals surface area (Å²) in [5, 5.41) is 47.1. The van der Waals surface area contributed by atoms with Crippen LogP contribution in [0, 0.1) is 45.3 Å². The van der Waals surface area contributed by atoms with E-state index in [1.807, 2.05) is 0 Å². The fraction of sp³-hybridized carbons (Fsp3) is 0.455. The van der Waals surface area contributed by atoms with Gasteiger partial charge in [-0.05, 0) is 94.4 Å².